The van der Waals surface area contributed by atoms with Crippen LogP contribution < -0.4 is 11.5 Å². The fourth-order valence-corrected chi connectivity index (χ4v) is 3.12. The molecule has 18 heavy (non-hydrogen) atoms. The van der Waals surface area contributed by atoms with Gasteiger partial charge in [0.2, 0.25) is 0 Å². The molecule has 0 radical (unpaired) electrons. The van der Waals surface area contributed by atoms with E-state index < -0.39 is 0 Å². The Morgan fingerprint density at radius 2 is 1.83 bits per heavy atom. The smallest absolute Gasteiger partial charge is 0.147 e. The van der Waals surface area contributed by atoms with Gasteiger partial charge in [0.15, 0.2) is 0 Å². The van der Waals surface area contributed by atoms with Crippen LogP contribution in [-0.4, -0.2) is 4.98 Å². The largest absolute Gasteiger partial charge is 0.396 e. The Kier molecular flexibility index (Phi) is 2.88. The SMILES string of the molecule is Nc1ccc(Sc2ccc3c(c2)CCC3)nc1N. The predicted molar refractivity (Wildman–Crippen MR) is 75.7 cm³/mol. The van der Waals surface area contributed by atoms with Crippen molar-refractivity contribution < 1.29 is 0 Å². The molecule has 4 N–H and O–H groups in total. The lowest BCUT2D eigenvalue weighted by Crippen LogP contribution is -1.97. The minimum absolute atomic E-state index is 0.404. The topological polar surface area (TPSA) is 64.9 Å². The van der Waals surface area contributed by atoms with Crippen LogP contribution in [0.25, 0.3) is 0 Å². The quantitative estimate of drug-likeness (QED) is 0.868. The summed E-state index contributed by atoms with van der Waals surface area (Å²) < 4.78 is 0. The molecule has 0 bridgehead atoms. The third-order valence-corrected chi connectivity index (χ3v) is 4.15. The summed E-state index contributed by atoms with van der Waals surface area (Å²) in [6, 6.07) is 10.4. The van der Waals surface area contributed by atoms with Crippen molar-refractivity contribution in [2.24, 2.45) is 0 Å². The van der Waals surface area contributed by atoms with E-state index in [2.05, 4.69) is 23.2 Å². The maximum atomic E-state index is 5.72. The highest BCUT2D eigenvalue weighted by Crippen LogP contribution is 2.32. The Hall–Kier alpha value is -1.68. The third-order valence-electron chi connectivity index (χ3n) is 3.22. The number of nitrogens with two attached hydrogens (primary N) is 2. The average Bonchev–Trinajstić information content (AvgIpc) is 2.81. The second-order valence-electron chi connectivity index (χ2n) is 4.51. The molecule has 1 aromatic heterocycles. The second-order valence-corrected chi connectivity index (χ2v) is 5.60. The fourth-order valence-electron chi connectivity index (χ4n) is 2.26. The molecule has 3 rings (SSSR count). The van der Waals surface area contributed by atoms with E-state index in [9.17, 15) is 0 Å². The number of benzene rings is 1. The summed E-state index contributed by atoms with van der Waals surface area (Å²) in [5.74, 6) is 0.404. The molecule has 2 aromatic rings. The highest BCUT2D eigenvalue weighted by atomic mass is 32.2. The average molecular weight is 257 g/mol. The highest BCUT2D eigenvalue weighted by molar-refractivity contribution is 7.99. The summed E-state index contributed by atoms with van der Waals surface area (Å²) in [4.78, 5) is 5.49. The molecule has 0 unspecified atom stereocenters. The molecule has 0 aliphatic heterocycles. The maximum Gasteiger partial charge on any atom is 0.147 e. The van der Waals surface area contributed by atoms with Crippen LogP contribution in [-0.2, 0) is 12.8 Å². The third kappa shape index (κ3) is 2.16. The molecule has 1 aliphatic rings. The van der Waals surface area contributed by atoms with Gasteiger partial charge in [-0.3, -0.25) is 0 Å². The van der Waals surface area contributed by atoms with Gasteiger partial charge < -0.3 is 11.5 Å². The summed E-state index contributed by atoms with van der Waals surface area (Å²) >= 11 is 1.63. The molecule has 0 saturated carbocycles. The van der Waals surface area contributed by atoms with Gasteiger partial charge in [0, 0.05) is 4.90 Å². The molecule has 4 heteroatoms. The van der Waals surface area contributed by atoms with E-state index in [0.29, 0.717) is 11.5 Å². The van der Waals surface area contributed by atoms with E-state index in [1.54, 1.807) is 17.8 Å². The number of aromatic nitrogens is 1. The van der Waals surface area contributed by atoms with Gasteiger partial charge in [-0.2, -0.15) is 0 Å². The number of anilines is 2. The standard InChI is InChI=1S/C14H15N3S/c15-12-6-7-13(17-14(12)16)18-11-5-4-9-2-1-3-10(9)8-11/h4-8H,1-3,15H2,(H2,16,17). The first-order valence-corrected chi connectivity index (χ1v) is 6.86. The summed E-state index contributed by atoms with van der Waals surface area (Å²) in [5, 5.41) is 0.889. The van der Waals surface area contributed by atoms with Crippen LogP contribution in [0, 0.1) is 0 Å². The van der Waals surface area contributed by atoms with E-state index in [0.717, 1.165) is 5.03 Å². The molecular formula is C14H15N3S. The second kappa shape index (κ2) is 4.53. The lowest BCUT2D eigenvalue weighted by Gasteiger charge is -2.06. The van der Waals surface area contributed by atoms with Crippen LogP contribution in [0.4, 0.5) is 11.5 Å². The van der Waals surface area contributed by atoms with Crippen LogP contribution in [0.2, 0.25) is 0 Å². The molecule has 1 heterocycles. The molecule has 1 aromatic carbocycles. The zero-order valence-electron chi connectivity index (χ0n) is 10.0. The van der Waals surface area contributed by atoms with E-state index in [1.807, 2.05) is 6.07 Å². The van der Waals surface area contributed by atoms with Crippen molar-refractivity contribution in [3.05, 3.63) is 41.5 Å². The summed E-state index contributed by atoms with van der Waals surface area (Å²) in [5.41, 5.74) is 14.9. The number of fused-ring (bicyclic) bond motifs is 1. The van der Waals surface area contributed by atoms with Crippen LogP contribution in [0.15, 0.2) is 40.3 Å². The molecule has 0 saturated heterocycles. The first kappa shape index (κ1) is 11.4. The number of rotatable bonds is 2. The molecule has 0 amide bonds. The summed E-state index contributed by atoms with van der Waals surface area (Å²) in [7, 11) is 0. The van der Waals surface area contributed by atoms with Gasteiger partial charge in [-0.1, -0.05) is 17.8 Å². The number of hydrogen-bond acceptors (Lipinski definition) is 4. The lowest BCUT2D eigenvalue weighted by atomic mass is 10.1. The summed E-state index contributed by atoms with van der Waals surface area (Å²) in [6.07, 6.45) is 3.69. The van der Waals surface area contributed by atoms with Crippen molar-refractivity contribution in [1.29, 1.82) is 0 Å². The number of nitrogen functional groups attached to an aromatic ring is 2. The van der Waals surface area contributed by atoms with Gasteiger partial charge in [0.1, 0.15) is 10.8 Å². The Labute approximate surface area is 111 Å². The fraction of sp³-hybridized carbons (Fsp3) is 0.214. The van der Waals surface area contributed by atoms with Crippen molar-refractivity contribution in [2.45, 2.75) is 29.2 Å². The van der Waals surface area contributed by atoms with Crippen molar-refractivity contribution in [1.82, 2.24) is 4.98 Å². The number of hydrogen-bond donors (Lipinski definition) is 2. The van der Waals surface area contributed by atoms with E-state index in [-0.39, 0.29) is 0 Å². The van der Waals surface area contributed by atoms with Crippen molar-refractivity contribution >= 4 is 23.3 Å². The van der Waals surface area contributed by atoms with Crippen molar-refractivity contribution in [2.75, 3.05) is 11.5 Å². The van der Waals surface area contributed by atoms with Crippen LogP contribution in [0.5, 0.6) is 0 Å². The van der Waals surface area contributed by atoms with E-state index in [1.165, 1.54) is 35.3 Å². The van der Waals surface area contributed by atoms with Gasteiger partial charge in [-0.15, -0.1) is 0 Å². The number of pyridine rings is 1. The lowest BCUT2D eigenvalue weighted by molar-refractivity contribution is 0.911. The Bertz CT molecular complexity index is 596. The van der Waals surface area contributed by atoms with Gasteiger partial charge in [-0.05, 0) is 54.7 Å². The molecule has 0 fully saturated rings. The first-order chi connectivity index (χ1) is 8.72. The maximum absolute atomic E-state index is 5.72. The van der Waals surface area contributed by atoms with Gasteiger partial charge in [0.05, 0.1) is 5.69 Å². The van der Waals surface area contributed by atoms with Gasteiger partial charge >= 0.3 is 0 Å². The Balaban J connectivity index is 1.85. The number of aryl methyl sites for hydroxylation is 2. The van der Waals surface area contributed by atoms with Gasteiger partial charge in [-0.25, -0.2) is 4.98 Å². The minimum atomic E-state index is 0.404. The van der Waals surface area contributed by atoms with Crippen molar-refractivity contribution in [3.8, 4) is 0 Å². The Morgan fingerprint density at radius 3 is 2.67 bits per heavy atom. The Morgan fingerprint density at radius 1 is 1.00 bits per heavy atom. The zero-order valence-corrected chi connectivity index (χ0v) is 10.8. The predicted octanol–water partition coefficient (Wildman–Crippen LogP) is 2.89. The zero-order chi connectivity index (χ0) is 12.5. The minimum Gasteiger partial charge on any atom is -0.396 e. The number of nitrogens with zero attached hydrogens (tertiary/aromatic N) is 1. The summed E-state index contributed by atoms with van der Waals surface area (Å²) in [6.45, 7) is 0. The van der Waals surface area contributed by atoms with E-state index >= 15 is 0 Å². The first-order valence-electron chi connectivity index (χ1n) is 6.04. The normalized spacial score (nSPS) is 13.6. The molecule has 0 atom stereocenters. The van der Waals surface area contributed by atoms with Crippen LogP contribution in [0.3, 0.4) is 0 Å². The molecule has 1 aliphatic carbocycles. The monoisotopic (exact) mass is 257 g/mol. The molecule has 3 nitrogen and oxygen atoms in total. The van der Waals surface area contributed by atoms with Gasteiger partial charge in [0.25, 0.3) is 0 Å². The van der Waals surface area contributed by atoms with Crippen molar-refractivity contribution in [3.63, 3.8) is 0 Å². The molecule has 92 valence electrons. The molecular weight excluding hydrogens is 242 g/mol. The van der Waals surface area contributed by atoms with E-state index in [4.69, 9.17) is 11.5 Å². The highest BCUT2D eigenvalue weighted by Gasteiger charge is 2.11. The van der Waals surface area contributed by atoms with Crippen LogP contribution >= 0.6 is 11.8 Å². The van der Waals surface area contributed by atoms with Crippen LogP contribution in [0.1, 0.15) is 17.5 Å². The molecule has 0 spiro atoms.